The molecule has 0 rings (SSSR count). The van der Waals surface area contributed by atoms with Crippen molar-refractivity contribution in [1.29, 1.82) is 0 Å². The maximum absolute atomic E-state index is 5.46. The second-order valence-electron chi connectivity index (χ2n) is 2.07. The van der Waals surface area contributed by atoms with E-state index in [1.807, 2.05) is 13.8 Å². The SMILES string of the molecule is C=CNC(C)(C)N. The van der Waals surface area contributed by atoms with E-state index in [4.69, 9.17) is 5.73 Å². The Morgan fingerprint density at radius 3 is 2.14 bits per heavy atom. The second kappa shape index (κ2) is 1.98. The van der Waals surface area contributed by atoms with Gasteiger partial charge in [-0.15, -0.1) is 0 Å². The van der Waals surface area contributed by atoms with Crippen LogP contribution in [-0.2, 0) is 0 Å². The van der Waals surface area contributed by atoms with Gasteiger partial charge in [0.1, 0.15) is 0 Å². The van der Waals surface area contributed by atoms with Gasteiger partial charge in [-0.05, 0) is 20.0 Å². The molecule has 0 aliphatic carbocycles. The van der Waals surface area contributed by atoms with Crippen molar-refractivity contribution in [3.05, 3.63) is 12.8 Å². The highest BCUT2D eigenvalue weighted by Crippen LogP contribution is 1.86. The lowest BCUT2D eigenvalue weighted by Gasteiger charge is -2.17. The van der Waals surface area contributed by atoms with E-state index in [1.54, 1.807) is 6.20 Å². The summed E-state index contributed by atoms with van der Waals surface area (Å²) < 4.78 is 0. The minimum absolute atomic E-state index is 0.318. The van der Waals surface area contributed by atoms with E-state index < -0.39 is 0 Å². The lowest BCUT2D eigenvalue weighted by atomic mass is 10.3. The van der Waals surface area contributed by atoms with Crippen LogP contribution in [0.3, 0.4) is 0 Å². The maximum atomic E-state index is 5.46. The van der Waals surface area contributed by atoms with Crippen LogP contribution in [0.25, 0.3) is 0 Å². The molecule has 0 spiro atoms. The first-order valence-electron chi connectivity index (χ1n) is 2.24. The second-order valence-corrected chi connectivity index (χ2v) is 2.07. The summed E-state index contributed by atoms with van der Waals surface area (Å²) in [6.07, 6.45) is 1.58. The van der Waals surface area contributed by atoms with Gasteiger partial charge in [-0.25, -0.2) is 0 Å². The highest BCUT2D eigenvalue weighted by atomic mass is 15.1. The number of hydrogen-bond acceptors (Lipinski definition) is 2. The summed E-state index contributed by atoms with van der Waals surface area (Å²) in [5.41, 5.74) is 5.15. The molecule has 0 unspecified atom stereocenters. The minimum Gasteiger partial charge on any atom is -0.374 e. The molecule has 0 aliphatic rings. The molecular weight excluding hydrogens is 88.1 g/mol. The van der Waals surface area contributed by atoms with Crippen molar-refractivity contribution in [2.45, 2.75) is 19.5 Å². The quantitative estimate of drug-likeness (QED) is 0.493. The van der Waals surface area contributed by atoms with Crippen LogP contribution in [0.4, 0.5) is 0 Å². The smallest absolute Gasteiger partial charge is 0.0793 e. The van der Waals surface area contributed by atoms with Gasteiger partial charge in [0.2, 0.25) is 0 Å². The van der Waals surface area contributed by atoms with Gasteiger partial charge in [0, 0.05) is 0 Å². The zero-order valence-corrected chi connectivity index (χ0v) is 4.86. The van der Waals surface area contributed by atoms with Gasteiger partial charge in [0.25, 0.3) is 0 Å². The largest absolute Gasteiger partial charge is 0.374 e. The van der Waals surface area contributed by atoms with E-state index in [0.29, 0.717) is 0 Å². The normalized spacial score (nSPS) is 10.7. The zero-order valence-electron chi connectivity index (χ0n) is 4.86. The Balaban J connectivity index is 3.34. The molecule has 0 saturated carbocycles. The molecule has 0 atom stereocenters. The molecule has 0 fully saturated rings. The average Bonchev–Trinajstić information content (AvgIpc) is 1.30. The van der Waals surface area contributed by atoms with Crippen molar-refractivity contribution in [1.82, 2.24) is 5.32 Å². The van der Waals surface area contributed by atoms with Crippen LogP contribution in [0.15, 0.2) is 12.8 Å². The summed E-state index contributed by atoms with van der Waals surface area (Å²) in [5, 5.41) is 2.83. The van der Waals surface area contributed by atoms with E-state index in [2.05, 4.69) is 11.9 Å². The van der Waals surface area contributed by atoms with Gasteiger partial charge < -0.3 is 11.1 Å². The predicted molar refractivity (Wildman–Crippen MR) is 31.6 cm³/mol. The van der Waals surface area contributed by atoms with Crippen LogP contribution in [0, 0.1) is 0 Å². The van der Waals surface area contributed by atoms with Crippen LogP contribution in [0.2, 0.25) is 0 Å². The standard InChI is InChI=1S/C5H12N2/c1-4-7-5(2,3)6/h4,7H,1,6H2,2-3H3. The molecule has 0 aromatic carbocycles. The third-order valence-corrected chi connectivity index (χ3v) is 0.474. The average molecular weight is 100 g/mol. The molecule has 0 aromatic rings. The van der Waals surface area contributed by atoms with Crippen LogP contribution < -0.4 is 11.1 Å². The molecule has 3 N–H and O–H groups in total. The molecule has 0 radical (unpaired) electrons. The van der Waals surface area contributed by atoms with Crippen molar-refractivity contribution in [2.75, 3.05) is 0 Å². The molecule has 0 amide bonds. The summed E-state index contributed by atoms with van der Waals surface area (Å²) >= 11 is 0. The van der Waals surface area contributed by atoms with Gasteiger partial charge in [0.15, 0.2) is 0 Å². The molecule has 0 aromatic heterocycles. The minimum atomic E-state index is -0.318. The first-order chi connectivity index (χ1) is 3.06. The Kier molecular flexibility index (Phi) is 1.84. The zero-order chi connectivity index (χ0) is 5.91. The van der Waals surface area contributed by atoms with E-state index in [1.165, 1.54) is 0 Å². The predicted octanol–water partition coefficient (Wildman–Crippen LogP) is 0.414. The summed E-state index contributed by atoms with van der Waals surface area (Å²) in [7, 11) is 0. The van der Waals surface area contributed by atoms with E-state index in [0.717, 1.165) is 0 Å². The molecule has 42 valence electrons. The Hall–Kier alpha value is -0.500. The van der Waals surface area contributed by atoms with E-state index >= 15 is 0 Å². The van der Waals surface area contributed by atoms with Gasteiger partial charge in [-0.3, -0.25) is 0 Å². The Bertz CT molecular complexity index is 61.0. The Labute approximate surface area is 44.4 Å². The summed E-state index contributed by atoms with van der Waals surface area (Å²) in [5.74, 6) is 0. The fraction of sp³-hybridized carbons (Fsp3) is 0.600. The highest BCUT2D eigenvalue weighted by molar-refractivity contribution is 4.75. The maximum Gasteiger partial charge on any atom is 0.0793 e. The van der Waals surface area contributed by atoms with Crippen LogP contribution in [0.1, 0.15) is 13.8 Å². The van der Waals surface area contributed by atoms with Crippen molar-refractivity contribution >= 4 is 0 Å². The summed E-state index contributed by atoms with van der Waals surface area (Å²) in [6.45, 7) is 7.19. The van der Waals surface area contributed by atoms with Crippen LogP contribution in [-0.4, -0.2) is 5.66 Å². The molecule has 2 heteroatoms. The molecule has 0 heterocycles. The molecule has 2 nitrogen and oxygen atoms in total. The first kappa shape index (κ1) is 6.50. The number of nitrogens with one attached hydrogen (secondary N) is 1. The first-order valence-corrected chi connectivity index (χ1v) is 2.24. The fourth-order valence-electron chi connectivity index (χ4n) is 0.263. The number of nitrogens with two attached hydrogens (primary N) is 1. The molecule has 0 bridgehead atoms. The topological polar surface area (TPSA) is 38.0 Å². The summed E-state index contributed by atoms with van der Waals surface area (Å²) in [6, 6.07) is 0. The molecular formula is C5H12N2. The number of rotatable bonds is 2. The molecule has 7 heavy (non-hydrogen) atoms. The van der Waals surface area contributed by atoms with E-state index in [9.17, 15) is 0 Å². The van der Waals surface area contributed by atoms with Crippen molar-refractivity contribution in [3.63, 3.8) is 0 Å². The lowest BCUT2D eigenvalue weighted by molar-refractivity contribution is 0.464. The fourth-order valence-corrected chi connectivity index (χ4v) is 0.263. The van der Waals surface area contributed by atoms with Crippen LogP contribution in [0.5, 0.6) is 0 Å². The Morgan fingerprint density at radius 2 is 2.14 bits per heavy atom. The highest BCUT2D eigenvalue weighted by Gasteiger charge is 2.03. The van der Waals surface area contributed by atoms with Gasteiger partial charge in [-0.1, -0.05) is 6.58 Å². The Morgan fingerprint density at radius 1 is 1.71 bits per heavy atom. The molecule has 0 aliphatic heterocycles. The lowest BCUT2D eigenvalue weighted by Crippen LogP contribution is -2.44. The van der Waals surface area contributed by atoms with Crippen LogP contribution >= 0.6 is 0 Å². The van der Waals surface area contributed by atoms with Crippen molar-refractivity contribution < 1.29 is 0 Å². The van der Waals surface area contributed by atoms with Gasteiger partial charge >= 0.3 is 0 Å². The van der Waals surface area contributed by atoms with Gasteiger partial charge in [-0.2, -0.15) is 0 Å². The molecule has 0 saturated heterocycles. The van der Waals surface area contributed by atoms with Crippen molar-refractivity contribution in [3.8, 4) is 0 Å². The van der Waals surface area contributed by atoms with Crippen molar-refractivity contribution in [2.24, 2.45) is 5.73 Å². The summed E-state index contributed by atoms with van der Waals surface area (Å²) in [4.78, 5) is 0. The number of hydrogen-bond donors (Lipinski definition) is 2. The third kappa shape index (κ3) is 5.50. The monoisotopic (exact) mass is 100 g/mol. The third-order valence-electron chi connectivity index (χ3n) is 0.474. The van der Waals surface area contributed by atoms with E-state index in [-0.39, 0.29) is 5.66 Å². The van der Waals surface area contributed by atoms with Gasteiger partial charge in [0.05, 0.1) is 5.66 Å².